The second-order valence-electron chi connectivity index (χ2n) is 13.7. The van der Waals surface area contributed by atoms with E-state index in [0.717, 1.165) is 25.1 Å². The van der Waals surface area contributed by atoms with Crippen LogP contribution in [-0.4, -0.2) is 98.8 Å². The van der Waals surface area contributed by atoms with E-state index in [-0.39, 0.29) is 66.4 Å². The summed E-state index contributed by atoms with van der Waals surface area (Å²) in [6, 6.07) is 6.59. The van der Waals surface area contributed by atoms with Gasteiger partial charge < -0.3 is 35.8 Å². The number of hydrogen-bond acceptors (Lipinski definition) is 8. The zero-order chi connectivity index (χ0) is 33.4. The lowest BCUT2D eigenvalue weighted by atomic mass is 9.80. The highest BCUT2D eigenvalue weighted by Gasteiger charge is 2.31. The maximum absolute atomic E-state index is 13.3. The van der Waals surface area contributed by atoms with Gasteiger partial charge in [0.05, 0.1) is 19.8 Å². The van der Waals surface area contributed by atoms with Crippen LogP contribution in [0, 0.1) is 17.3 Å². The molecule has 0 aliphatic carbocycles. The Morgan fingerprint density at radius 3 is 2.54 bits per heavy atom. The molecule has 4 amide bonds. The number of unbranched alkanes of at least 4 members (excludes halogenated alkanes) is 1. The number of fused-ring (bicyclic) bond motifs is 1. The van der Waals surface area contributed by atoms with Gasteiger partial charge in [-0.1, -0.05) is 39.0 Å². The molecule has 5 N–H and O–H groups in total. The molecule has 0 aromatic heterocycles. The van der Waals surface area contributed by atoms with Crippen molar-refractivity contribution in [3.8, 4) is 5.75 Å². The Bertz CT molecular complexity index is 1130. The maximum Gasteiger partial charge on any atom is 0.246 e. The Morgan fingerprint density at radius 1 is 0.978 bits per heavy atom. The van der Waals surface area contributed by atoms with Gasteiger partial charge in [0.25, 0.3) is 0 Å². The average Bonchev–Trinajstić information content (AvgIpc) is 2.98. The molecule has 0 unspecified atom stereocenters. The summed E-state index contributed by atoms with van der Waals surface area (Å²) in [5.74, 6) is -0.0806. The van der Waals surface area contributed by atoms with Crippen molar-refractivity contribution in [2.24, 2.45) is 17.3 Å². The number of likely N-dealkylation sites (tertiary alicyclic amines) is 1. The molecule has 2 saturated heterocycles. The number of aromatic hydroxyl groups is 1. The van der Waals surface area contributed by atoms with E-state index in [1.807, 2.05) is 32.9 Å². The molecule has 1 aromatic rings. The maximum atomic E-state index is 13.3. The van der Waals surface area contributed by atoms with Gasteiger partial charge in [0, 0.05) is 51.1 Å². The van der Waals surface area contributed by atoms with E-state index < -0.39 is 6.04 Å². The molecule has 2 aliphatic rings. The third-order valence-corrected chi connectivity index (χ3v) is 8.38. The average molecular weight is 646 g/mol. The summed E-state index contributed by atoms with van der Waals surface area (Å²) < 4.78 is 11.0. The number of phenolic OH excluding ortho intramolecular Hbond substituents is 1. The number of hydrogen-bond donors (Lipinski definition) is 5. The van der Waals surface area contributed by atoms with Gasteiger partial charge >= 0.3 is 0 Å². The molecule has 1 aromatic carbocycles. The zero-order valence-corrected chi connectivity index (χ0v) is 27.9. The first-order valence-corrected chi connectivity index (χ1v) is 16.8. The molecular weight excluding hydrogens is 590 g/mol. The molecule has 0 radical (unpaired) electrons. The van der Waals surface area contributed by atoms with E-state index in [1.54, 1.807) is 12.1 Å². The van der Waals surface area contributed by atoms with Crippen LogP contribution in [0.3, 0.4) is 0 Å². The first-order valence-electron chi connectivity index (χ1n) is 16.8. The lowest BCUT2D eigenvalue weighted by Crippen LogP contribution is -2.49. The van der Waals surface area contributed by atoms with Crippen LogP contribution >= 0.6 is 0 Å². The van der Waals surface area contributed by atoms with Crippen LogP contribution in [0.5, 0.6) is 5.75 Å². The summed E-state index contributed by atoms with van der Waals surface area (Å²) in [5, 5.41) is 22.0. The summed E-state index contributed by atoms with van der Waals surface area (Å²) in [7, 11) is 0. The lowest BCUT2D eigenvalue weighted by molar-refractivity contribution is -0.132. The standard InChI is InChI=1S/C34H55N5O7/c1-34(2,3)21-31(42)35-13-7-6-9-28-33(44)37-14-11-26-22-39(23-27-8-4-5-10-29(27)40)16-12-25(26)20-30(41)36-15-17-45-18-19-46-24-32(43)38-28/h4-5,8,10,25-26,28,40H,6-7,9,11-24H2,1-3H3,(H,35,42)(H,36,41)(H,37,44)(H,38,43)/t25-,26-,28-/m0/s1. The second kappa shape index (κ2) is 19.4. The number of carbonyl (C=O) groups excluding carboxylic acids is 4. The van der Waals surface area contributed by atoms with Crippen LogP contribution in [0.2, 0.25) is 0 Å². The summed E-state index contributed by atoms with van der Waals surface area (Å²) in [6.07, 6.45) is 4.10. The van der Waals surface area contributed by atoms with Crippen molar-refractivity contribution in [1.82, 2.24) is 26.2 Å². The fourth-order valence-electron chi connectivity index (χ4n) is 5.99. The summed E-state index contributed by atoms with van der Waals surface area (Å²) in [4.78, 5) is 53.2. The number of benzene rings is 1. The van der Waals surface area contributed by atoms with Crippen molar-refractivity contribution in [3.05, 3.63) is 29.8 Å². The van der Waals surface area contributed by atoms with E-state index >= 15 is 0 Å². The Hall–Kier alpha value is -3.22. The van der Waals surface area contributed by atoms with Crippen molar-refractivity contribution < 1.29 is 33.8 Å². The topological polar surface area (TPSA) is 158 Å². The summed E-state index contributed by atoms with van der Waals surface area (Å²) in [6.45, 7) is 10.2. The first-order chi connectivity index (χ1) is 22.0. The largest absolute Gasteiger partial charge is 0.508 e. The van der Waals surface area contributed by atoms with Crippen molar-refractivity contribution >= 4 is 23.6 Å². The normalized spacial score (nSPS) is 23.5. The fraction of sp³-hybridized carbons (Fsp3) is 0.706. The van der Waals surface area contributed by atoms with Crippen LogP contribution in [-0.2, 0) is 35.2 Å². The predicted octanol–water partition coefficient (Wildman–Crippen LogP) is 2.10. The molecule has 258 valence electrons. The van der Waals surface area contributed by atoms with Crippen LogP contribution in [0.1, 0.15) is 71.3 Å². The molecule has 0 spiro atoms. The molecule has 0 bridgehead atoms. The molecule has 12 nitrogen and oxygen atoms in total. The third kappa shape index (κ3) is 14.5. The number of nitrogens with zero attached hydrogens (tertiary/aromatic N) is 1. The number of phenols is 1. The number of para-hydroxylation sites is 1. The number of ether oxygens (including phenoxy) is 2. The van der Waals surface area contributed by atoms with Gasteiger partial charge in [-0.05, 0) is 62.0 Å². The van der Waals surface area contributed by atoms with Crippen LogP contribution in [0.15, 0.2) is 24.3 Å². The number of carbonyl (C=O) groups is 4. The molecule has 3 rings (SSSR count). The van der Waals surface area contributed by atoms with Gasteiger partial charge in [-0.15, -0.1) is 0 Å². The quantitative estimate of drug-likeness (QED) is 0.269. The van der Waals surface area contributed by atoms with E-state index in [1.165, 1.54) is 0 Å². The molecule has 3 atom stereocenters. The summed E-state index contributed by atoms with van der Waals surface area (Å²) >= 11 is 0. The molecule has 2 heterocycles. The van der Waals surface area contributed by atoms with Crippen LogP contribution in [0.25, 0.3) is 0 Å². The van der Waals surface area contributed by atoms with Crippen molar-refractivity contribution in [1.29, 1.82) is 0 Å². The van der Waals surface area contributed by atoms with Gasteiger partial charge in [0.1, 0.15) is 18.4 Å². The van der Waals surface area contributed by atoms with Gasteiger partial charge in [-0.25, -0.2) is 0 Å². The highest BCUT2D eigenvalue weighted by molar-refractivity contribution is 5.88. The molecular formula is C34H55N5O7. The highest BCUT2D eigenvalue weighted by Crippen LogP contribution is 2.31. The minimum absolute atomic E-state index is 0.00391. The fourth-order valence-corrected chi connectivity index (χ4v) is 5.99. The van der Waals surface area contributed by atoms with E-state index in [2.05, 4.69) is 26.2 Å². The lowest BCUT2D eigenvalue weighted by Gasteiger charge is -2.39. The number of nitrogens with one attached hydrogen (secondary N) is 4. The Labute approximate surface area is 273 Å². The van der Waals surface area contributed by atoms with E-state index in [9.17, 15) is 24.3 Å². The number of amides is 4. The third-order valence-electron chi connectivity index (χ3n) is 8.38. The molecule has 0 saturated carbocycles. The van der Waals surface area contributed by atoms with Gasteiger partial charge in [0.15, 0.2) is 0 Å². The minimum Gasteiger partial charge on any atom is -0.508 e. The first kappa shape index (κ1) is 37.2. The molecule has 46 heavy (non-hydrogen) atoms. The highest BCUT2D eigenvalue weighted by atomic mass is 16.5. The molecule has 2 fully saturated rings. The van der Waals surface area contributed by atoms with Gasteiger partial charge in [0.2, 0.25) is 23.6 Å². The number of piperidine rings is 1. The molecule has 12 heteroatoms. The second-order valence-corrected chi connectivity index (χ2v) is 13.7. The van der Waals surface area contributed by atoms with Gasteiger partial charge in [-0.3, -0.25) is 24.1 Å². The monoisotopic (exact) mass is 645 g/mol. The van der Waals surface area contributed by atoms with Gasteiger partial charge in [-0.2, -0.15) is 0 Å². The van der Waals surface area contributed by atoms with Crippen molar-refractivity contribution in [3.63, 3.8) is 0 Å². The zero-order valence-electron chi connectivity index (χ0n) is 27.9. The predicted molar refractivity (Wildman–Crippen MR) is 175 cm³/mol. The summed E-state index contributed by atoms with van der Waals surface area (Å²) in [5.41, 5.74) is 0.772. The van der Waals surface area contributed by atoms with E-state index in [0.29, 0.717) is 71.3 Å². The van der Waals surface area contributed by atoms with Crippen LogP contribution in [0.4, 0.5) is 0 Å². The minimum atomic E-state index is -0.731. The van der Waals surface area contributed by atoms with Crippen LogP contribution < -0.4 is 21.3 Å². The molecule has 2 aliphatic heterocycles. The SMILES string of the molecule is CC(C)(C)CC(=O)NCCCC[C@@H]1NC(=O)COCCOCCNC(=O)C[C@@H]2CCN(Cc3ccccc3O)C[C@@H]2CCNC1=O. The van der Waals surface area contributed by atoms with Crippen molar-refractivity contribution in [2.75, 3.05) is 59.2 Å². The number of rotatable bonds is 8. The van der Waals surface area contributed by atoms with E-state index in [4.69, 9.17) is 9.47 Å². The Kier molecular flexibility index (Phi) is 15.7. The smallest absolute Gasteiger partial charge is 0.246 e. The van der Waals surface area contributed by atoms with Crippen molar-refractivity contribution in [2.45, 2.75) is 78.3 Å². The Morgan fingerprint density at radius 2 is 1.76 bits per heavy atom. The Balaban J connectivity index is 1.61.